The van der Waals surface area contributed by atoms with Crippen molar-refractivity contribution in [3.8, 4) is 0 Å². The number of amides is 1. The second-order valence-corrected chi connectivity index (χ2v) is 7.44. The summed E-state index contributed by atoms with van der Waals surface area (Å²) in [5.74, 6) is 0.107. The smallest absolute Gasteiger partial charge is 0.257 e. The molecule has 0 radical (unpaired) electrons. The Morgan fingerprint density at radius 2 is 2.04 bits per heavy atom. The van der Waals surface area contributed by atoms with E-state index in [9.17, 15) is 15.0 Å². The summed E-state index contributed by atoms with van der Waals surface area (Å²) < 4.78 is 0. The summed E-state index contributed by atoms with van der Waals surface area (Å²) in [5, 5.41) is 22.4. The van der Waals surface area contributed by atoms with Gasteiger partial charge in [0, 0.05) is 23.1 Å². The summed E-state index contributed by atoms with van der Waals surface area (Å²) >= 11 is 1.52. The van der Waals surface area contributed by atoms with Gasteiger partial charge in [-0.05, 0) is 24.5 Å². The molecule has 0 aliphatic heterocycles. The average molecular weight is 346 g/mol. The quantitative estimate of drug-likeness (QED) is 0.754. The van der Waals surface area contributed by atoms with Crippen molar-refractivity contribution >= 4 is 22.4 Å². The number of hydrogen-bond acceptors (Lipinski definition) is 5. The molecule has 1 fully saturated rings. The predicted molar refractivity (Wildman–Crippen MR) is 95.1 cm³/mol. The molecule has 1 heterocycles. The highest BCUT2D eigenvalue weighted by molar-refractivity contribution is 7.15. The van der Waals surface area contributed by atoms with Crippen LogP contribution in [0.1, 0.15) is 43.4 Å². The number of nitrogens with zero attached hydrogens (tertiary/aromatic N) is 1. The molecular formula is C18H22N2O3S. The minimum absolute atomic E-state index is 0.131. The summed E-state index contributed by atoms with van der Waals surface area (Å²) in [6.45, 7) is 0. The Morgan fingerprint density at radius 1 is 1.25 bits per heavy atom. The lowest BCUT2D eigenvalue weighted by Gasteiger charge is -2.20. The number of hydrogen-bond donors (Lipinski definition) is 3. The van der Waals surface area contributed by atoms with E-state index < -0.39 is 0 Å². The highest BCUT2D eigenvalue weighted by Gasteiger charge is 2.17. The molecular weight excluding hydrogens is 324 g/mol. The summed E-state index contributed by atoms with van der Waals surface area (Å²) in [6.07, 6.45) is 14.0. The first kappa shape index (κ1) is 16.8. The molecule has 3 N–H and O–H groups in total. The second kappa shape index (κ2) is 7.66. The van der Waals surface area contributed by atoms with E-state index in [1.165, 1.54) is 60.5 Å². The van der Waals surface area contributed by atoms with Gasteiger partial charge in [-0.2, -0.15) is 0 Å². The van der Waals surface area contributed by atoms with Crippen LogP contribution in [-0.4, -0.2) is 21.1 Å². The van der Waals surface area contributed by atoms with E-state index >= 15 is 0 Å². The van der Waals surface area contributed by atoms with Gasteiger partial charge in [0.25, 0.3) is 5.91 Å². The largest absolute Gasteiger partial charge is 0.508 e. The molecule has 0 aromatic carbocycles. The van der Waals surface area contributed by atoms with E-state index in [4.69, 9.17) is 0 Å². The van der Waals surface area contributed by atoms with Crippen molar-refractivity contribution in [1.29, 1.82) is 0 Å². The number of nitrogens with one attached hydrogen (secondary N) is 1. The SMILES string of the molecule is O=C(Nc1ncc(CC2CCCCC2)s1)C1=CCC(O)=C(O)C=C1. The van der Waals surface area contributed by atoms with E-state index in [2.05, 4.69) is 10.3 Å². The van der Waals surface area contributed by atoms with Crippen LogP contribution in [0.15, 0.2) is 41.5 Å². The third kappa shape index (κ3) is 4.26. The van der Waals surface area contributed by atoms with Crippen LogP contribution < -0.4 is 5.32 Å². The van der Waals surface area contributed by atoms with Gasteiger partial charge in [0.1, 0.15) is 5.76 Å². The molecule has 5 nitrogen and oxygen atoms in total. The van der Waals surface area contributed by atoms with E-state index in [1.54, 1.807) is 6.08 Å². The standard InChI is InChI=1S/C18H22N2O3S/c21-15-8-6-13(7-9-16(15)22)17(23)20-18-19-11-14(24-18)10-12-4-2-1-3-5-12/h6-8,11-12,21-22H,1-5,9-10H2,(H,19,20,23). The zero-order valence-corrected chi connectivity index (χ0v) is 14.3. The molecule has 0 spiro atoms. The lowest BCUT2D eigenvalue weighted by atomic mass is 9.87. The second-order valence-electron chi connectivity index (χ2n) is 6.32. The monoisotopic (exact) mass is 346 g/mol. The van der Waals surface area contributed by atoms with Crippen LogP contribution >= 0.6 is 11.3 Å². The fourth-order valence-electron chi connectivity index (χ4n) is 3.12. The Hall–Kier alpha value is -2.08. The molecule has 0 bridgehead atoms. The molecule has 0 unspecified atom stereocenters. The number of rotatable bonds is 4. The molecule has 0 saturated heterocycles. The summed E-state index contributed by atoms with van der Waals surface area (Å²) in [7, 11) is 0. The molecule has 3 rings (SSSR count). The van der Waals surface area contributed by atoms with Gasteiger partial charge in [0.2, 0.25) is 0 Å². The Balaban J connectivity index is 1.58. The van der Waals surface area contributed by atoms with E-state index in [0.29, 0.717) is 10.7 Å². The van der Waals surface area contributed by atoms with Crippen molar-refractivity contribution < 1.29 is 15.0 Å². The van der Waals surface area contributed by atoms with E-state index in [-0.39, 0.29) is 23.8 Å². The maximum Gasteiger partial charge on any atom is 0.257 e. The maximum atomic E-state index is 12.3. The molecule has 2 aliphatic carbocycles. The summed E-state index contributed by atoms with van der Waals surface area (Å²) in [5.41, 5.74) is 0.398. The number of aromatic nitrogens is 1. The number of anilines is 1. The third-order valence-corrected chi connectivity index (χ3v) is 5.42. The van der Waals surface area contributed by atoms with Gasteiger partial charge < -0.3 is 10.2 Å². The lowest BCUT2D eigenvalue weighted by molar-refractivity contribution is -0.112. The van der Waals surface area contributed by atoms with Gasteiger partial charge >= 0.3 is 0 Å². The van der Waals surface area contributed by atoms with Crippen molar-refractivity contribution in [2.24, 2.45) is 5.92 Å². The zero-order chi connectivity index (χ0) is 16.9. The summed E-state index contributed by atoms with van der Waals surface area (Å²) in [6, 6.07) is 0. The number of allylic oxidation sites excluding steroid dienone is 2. The maximum absolute atomic E-state index is 12.3. The molecule has 1 saturated carbocycles. The molecule has 0 atom stereocenters. The van der Waals surface area contributed by atoms with Gasteiger partial charge in [-0.3, -0.25) is 10.1 Å². The Kier molecular flexibility index (Phi) is 5.35. The minimum atomic E-state index is -0.285. The number of aliphatic hydroxyl groups is 2. The van der Waals surface area contributed by atoms with Crippen molar-refractivity contribution in [3.05, 3.63) is 46.4 Å². The Labute approximate surface area is 145 Å². The fraction of sp³-hybridized carbons (Fsp3) is 0.444. The third-order valence-electron chi connectivity index (χ3n) is 4.48. The minimum Gasteiger partial charge on any atom is -0.508 e. The normalized spacial score (nSPS) is 19.1. The van der Waals surface area contributed by atoms with Crippen molar-refractivity contribution in [2.45, 2.75) is 44.9 Å². The average Bonchev–Trinajstić information content (AvgIpc) is 2.94. The van der Waals surface area contributed by atoms with Gasteiger partial charge in [0.05, 0.1) is 0 Å². The van der Waals surface area contributed by atoms with Crippen LogP contribution in [-0.2, 0) is 11.2 Å². The first-order valence-electron chi connectivity index (χ1n) is 8.37. The van der Waals surface area contributed by atoms with Crippen molar-refractivity contribution in [1.82, 2.24) is 4.98 Å². The highest BCUT2D eigenvalue weighted by Crippen LogP contribution is 2.30. The number of carbonyl (C=O) groups excluding carboxylic acids is 1. The van der Waals surface area contributed by atoms with Gasteiger partial charge in [0.15, 0.2) is 10.9 Å². The van der Waals surface area contributed by atoms with Crippen molar-refractivity contribution in [2.75, 3.05) is 5.32 Å². The predicted octanol–water partition coefficient (Wildman–Crippen LogP) is 4.42. The molecule has 24 heavy (non-hydrogen) atoms. The topological polar surface area (TPSA) is 82.5 Å². The van der Waals surface area contributed by atoms with Crippen LogP contribution in [0.3, 0.4) is 0 Å². The molecule has 1 aromatic rings. The molecule has 128 valence electrons. The van der Waals surface area contributed by atoms with Crippen molar-refractivity contribution in [3.63, 3.8) is 0 Å². The molecule has 1 amide bonds. The Morgan fingerprint density at radius 3 is 2.83 bits per heavy atom. The van der Waals surface area contributed by atoms with Gasteiger partial charge in [-0.15, -0.1) is 11.3 Å². The van der Waals surface area contributed by atoms with Gasteiger partial charge in [-0.1, -0.05) is 38.2 Å². The number of carbonyl (C=O) groups is 1. The van der Waals surface area contributed by atoms with E-state index in [0.717, 1.165) is 12.3 Å². The van der Waals surface area contributed by atoms with Crippen LogP contribution in [0.4, 0.5) is 5.13 Å². The fourth-order valence-corrected chi connectivity index (χ4v) is 4.04. The number of aliphatic hydroxyl groups excluding tert-OH is 2. The molecule has 1 aromatic heterocycles. The zero-order valence-electron chi connectivity index (χ0n) is 13.5. The van der Waals surface area contributed by atoms with Crippen LogP contribution in [0, 0.1) is 5.92 Å². The molecule has 6 heteroatoms. The first-order chi connectivity index (χ1) is 11.6. The van der Waals surface area contributed by atoms with E-state index in [1.807, 2.05) is 6.20 Å². The van der Waals surface area contributed by atoms with Gasteiger partial charge in [-0.25, -0.2) is 4.98 Å². The Bertz CT molecular complexity index is 697. The molecule has 2 aliphatic rings. The van der Waals surface area contributed by atoms with Crippen LogP contribution in [0.25, 0.3) is 0 Å². The van der Waals surface area contributed by atoms with Crippen LogP contribution in [0.2, 0.25) is 0 Å². The number of thiazole rings is 1. The summed E-state index contributed by atoms with van der Waals surface area (Å²) in [4.78, 5) is 17.8. The highest BCUT2D eigenvalue weighted by atomic mass is 32.1. The lowest BCUT2D eigenvalue weighted by Crippen LogP contribution is -2.13. The first-order valence-corrected chi connectivity index (χ1v) is 9.19. The van der Waals surface area contributed by atoms with Crippen LogP contribution in [0.5, 0.6) is 0 Å².